The fraction of sp³-hybridized carbons (Fsp3) is 0.867. The van der Waals surface area contributed by atoms with Gasteiger partial charge in [-0.05, 0) is 18.3 Å². The summed E-state index contributed by atoms with van der Waals surface area (Å²) in [5.41, 5.74) is -2.00. The number of carbonyl (C=O) groups is 4. The lowest BCUT2D eigenvalue weighted by atomic mass is 9.68. The quantitative estimate of drug-likeness (QED) is 0.0599. The maximum Gasteiger partial charge on any atom is 0.407 e. The zero-order chi connectivity index (χ0) is 35.7. The third kappa shape index (κ3) is 13.1. The molecule has 1 saturated heterocycles. The maximum atomic E-state index is 13.0. The second-order valence-corrected chi connectivity index (χ2v) is 12.1. The summed E-state index contributed by atoms with van der Waals surface area (Å²) in [6.45, 7) is 8.15. The first-order valence-electron chi connectivity index (χ1n) is 15.9. The first kappa shape index (κ1) is 42.4. The van der Waals surface area contributed by atoms with E-state index in [4.69, 9.17) is 23.7 Å². The number of aliphatic carboxylic acids is 1. The van der Waals surface area contributed by atoms with E-state index in [-0.39, 0.29) is 44.9 Å². The van der Waals surface area contributed by atoms with Crippen molar-refractivity contribution in [3.05, 3.63) is 0 Å². The lowest BCUT2D eigenvalue weighted by Crippen LogP contribution is -2.70. The van der Waals surface area contributed by atoms with Crippen molar-refractivity contribution in [1.29, 1.82) is 0 Å². The van der Waals surface area contributed by atoms with Crippen LogP contribution in [0, 0.1) is 17.8 Å². The van der Waals surface area contributed by atoms with E-state index in [0.29, 0.717) is 6.61 Å². The number of ether oxygens (including phenoxy) is 5. The molecule has 0 bridgehead atoms. The van der Waals surface area contributed by atoms with Gasteiger partial charge in [-0.3, -0.25) is 9.59 Å². The fourth-order valence-electron chi connectivity index (χ4n) is 5.83. The highest BCUT2D eigenvalue weighted by Crippen LogP contribution is 2.43. The Morgan fingerprint density at radius 2 is 1.62 bits per heavy atom. The smallest absolute Gasteiger partial charge is 0.407 e. The normalized spacial score (nSPS) is 23.3. The number of rotatable bonds is 22. The molecule has 1 aliphatic rings. The van der Waals surface area contributed by atoms with Crippen LogP contribution in [0.15, 0.2) is 0 Å². The minimum Gasteiger partial charge on any atom is -0.479 e. The summed E-state index contributed by atoms with van der Waals surface area (Å²) >= 11 is 0. The average molecular weight is 682 g/mol. The Kier molecular flexibility index (Phi) is 19.3. The van der Waals surface area contributed by atoms with Crippen LogP contribution in [0.4, 0.5) is 4.79 Å². The van der Waals surface area contributed by atoms with Crippen molar-refractivity contribution in [3.63, 3.8) is 0 Å². The van der Waals surface area contributed by atoms with Crippen molar-refractivity contribution < 1.29 is 68.4 Å². The van der Waals surface area contributed by atoms with Crippen molar-refractivity contribution in [2.75, 3.05) is 59.9 Å². The SMILES string of the molecule is CCCOCCOC(=O)NC(COCCOC)C(=O)NCC(=O)NC1C(O)CC(C(=O)O)(C(C(C)C)C(C)C)OC1C(O)C(O)CO. The summed E-state index contributed by atoms with van der Waals surface area (Å²) in [5.74, 6) is -4.22. The van der Waals surface area contributed by atoms with Crippen molar-refractivity contribution >= 4 is 23.9 Å². The molecule has 17 nitrogen and oxygen atoms in total. The molecule has 7 unspecified atom stereocenters. The molecule has 8 N–H and O–H groups in total. The molecule has 47 heavy (non-hydrogen) atoms. The Bertz CT molecular complexity index is 962. The van der Waals surface area contributed by atoms with Crippen LogP contribution >= 0.6 is 0 Å². The standard InChI is InChI=1S/C30H55N3O14/c1-7-8-44-11-12-46-29(42)32-19(16-45-10-9-43-6)27(39)31-14-22(37)33-24-20(35)13-30(28(40)41,23(17(2)3)18(4)5)47-26(24)25(38)21(36)15-34/h17-21,23-26,34-36,38H,7-16H2,1-6H3,(H,31,39)(H,32,42)(H,33,37)(H,40,41). The molecule has 0 aromatic heterocycles. The molecule has 0 radical (unpaired) electrons. The van der Waals surface area contributed by atoms with Gasteiger partial charge < -0.3 is 65.2 Å². The van der Waals surface area contributed by atoms with Crippen LogP contribution in [0.25, 0.3) is 0 Å². The number of aliphatic hydroxyl groups is 4. The Balaban J connectivity index is 3.08. The molecule has 1 fully saturated rings. The molecule has 0 spiro atoms. The van der Waals surface area contributed by atoms with E-state index < -0.39 is 91.5 Å². The van der Waals surface area contributed by atoms with E-state index in [1.54, 1.807) is 27.7 Å². The Labute approximate surface area is 275 Å². The number of nitrogens with one attached hydrogen (secondary N) is 3. The molecule has 1 rings (SSSR count). The van der Waals surface area contributed by atoms with E-state index in [2.05, 4.69) is 16.0 Å². The van der Waals surface area contributed by atoms with Gasteiger partial charge in [0, 0.05) is 26.1 Å². The van der Waals surface area contributed by atoms with E-state index >= 15 is 0 Å². The second-order valence-electron chi connectivity index (χ2n) is 12.1. The number of alkyl carbamates (subject to hydrolysis) is 1. The van der Waals surface area contributed by atoms with Crippen LogP contribution in [-0.4, -0.2) is 151 Å². The Hall–Kier alpha value is -2.64. The molecule has 7 atom stereocenters. The van der Waals surface area contributed by atoms with Crippen molar-refractivity contribution in [1.82, 2.24) is 16.0 Å². The zero-order valence-electron chi connectivity index (χ0n) is 28.2. The average Bonchev–Trinajstić information content (AvgIpc) is 3.01. The van der Waals surface area contributed by atoms with E-state index in [0.717, 1.165) is 6.42 Å². The monoisotopic (exact) mass is 681 g/mol. The summed E-state index contributed by atoms with van der Waals surface area (Å²) in [6, 6.07) is -2.72. The molecule has 0 aromatic carbocycles. The summed E-state index contributed by atoms with van der Waals surface area (Å²) in [6.07, 6.45) is -7.55. The van der Waals surface area contributed by atoms with Crippen LogP contribution in [0.1, 0.15) is 47.5 Å². The minimum absolute atomic E-state index is 0.0604. The van der Waals surface area contributed by atoms with Gasteiger partial charge in [-0.15, -0.1) is 0 Å². The van der Waals surface area contributed by atoms with E-state index in [1.165, 1.54) is 7.11 Å². The minimum atomic E-state index is -2.00. The van der Waals surface area contributed by atoms with Gasteiger partial charge in [-0.25, -0.2) is 9.59 Å². The first-order chi connectivity index (χ1) is 22.2. The van der Waals surface area contributed by atoms with Crippen LogP contribution in [0.3, 0.4) is 0 Å². The summed E-state index contributed by atoms with van der Waals surface area (Å²) in [5, 5.41) is 59.3. The molecule has 3 amide bonds. The summed E-state index contributed by atoms with van der Waals surface area (Å²) in [4.78, 5) is 50.9. The predicted octanol–water partition coefficient (Wildman–Crippen LogP) is -1.61. The lowest BCUT2D eigenvalue weighted by Gasteiger charge is -2.51. The van der Waals surface area contributed by atoms with E-state index in [9.17, 15) is 44.7 Å². The highest BCUT2D eigenvalue weighted by Gasteiger charge is 2.59. The third-order valence-corrected chi connectivity index (χ3v) is 7.77. The number of hydrogen-bond acceptors (Lipinski definition) is 13. The Morgan fingerprint density at radius 1 is 0.979 bits per heavy atom. The van der Waals surface area contributed by atoms with Crippen LogP contribution in [0.5, 0.6) is 0 Å². The van der Waals surface area contributed by atoms with Crippen molar-refractivity contribution in [2.24, 2.45) is 17.8 Å². The maximum absolute atomic E-state index is 13.0. The third-order valence-electron chi connectivity index (χ3n) is 7.77. The molecule has 1 heterocycles. The second kappa shape index (κ2) is 21.4. The number of aliphatic hydroxyl groups excluding tert-OH is 4. The largest absolute Gasteiger partial charge is 0.479 e. The highest BCUT2D eigenvalue weighted by molar-refractivity contribution is 5.89. The molecular formula is C30H55N3O14. The zero-order valence-corrected chi connectivity index (χ0v) is 28.2. The van der Waals surface area contributed by atoms with Gasteiger partial charge in [-0.1, -0.05) is 34.6 Å². The highest BCUT2D eigenvalue weighted by atomic mass is 16.6. The molecule has 1 aliphatic heterocycles. The number of carboxylic acids is 1. The van der Waals surface area contributed by atoms with Crippen LogP contribution in [-0.2, 0) is 38.1 Å². The number of carbonyl (C=O) groups excluding carboxylic acids is 3. The molecule has 274 valence electrons. The molecule has 0 aliphatic carbocycles. The number of carboxylic acid groups (broad SMARTS) is 1. The molecule has 17 heteroatoms. The lowest BCUT2D eigenvalue weighted by molar-refractivity contribution is -0.250. The van der Waals surface area contributed by atoms with Gasteiger partial charge in [0.2, 0.25) is 11.8 Å². The Morgan fingerprint density at radius 3 is 2.17 bits per heavy atom. The number of hydrogen-bond donors (Lipinski definition) is 8. The summed E-state index contributed by atoms with van der Waals surface area (Å²) in [7, 11) is 1.46. The van der Waals surface area contributed by atoms with Gasteiger partial charge in [-0.2, -0.15) is 0 Å². The van der Waals surface area contributed by atoms with Crippen molar-refractivity contribution in [3.8, 4) is 0 Å². The molecular weight excluding hydrogens is 626 g/mol. The number of methoxy groups -OCH3 is 1. The molecule has 0 aromatic rings. The van der Waals surface area contributed by atoms with Gasteiger partial charge >= 0.3 is 12.1 Å². The van der Waals surface area contributed by atoms with Gasteiger partial charge in [0.15, 0.2) is 5.60 Å². The van der Waals surface area contributed by atoms with Gasteiger partial charge in [0.25, 0.3) is 0 Å². The molecule has 0 saturated carbocycles. The van der Waals surface area contributed by atoms with Gasteiger partial charge in [0.1, 0.15) is 31.0 Å². The van der Waals surface area contributed by atoms with E-state index in [1.807, 2.05) is 6.92 Å². The fourth-order valence-corrected chi connectivity index (χ4v) is 5.83. The predicted molar refractivity (Wildman–Crippen MR) is 165 cm³/mol. The summed E-state index contributed by atoms with van der Waals surface area (Å²) < 4.78 is 26.6. The number of amides is 3. The topological polar surface area (TPSA) is 252 Å². The van der Waals surface area contributed by atoms with Crippen LogP contribution in [0.2, 0.25) is 0 Å². The van der Waals surface area contributed by atoms with Crippen molar-refractivity contribution in [2.45, 2.75) is 89.6 Å². The first-order valence-corrected chi connectivity index (χ1v) is 15.9. The van der Waals surface area contributed by atoms with Gasteiger partial charge in [0.05, 0.1) is 51.7 Å². The van der Waals surface area contributed by atoms with Crippen LogP contribution < -0.4 is 16.0 Å².